The van der Waals surface area contributed by atoms with E-state index in [0.29, 0.717) is 5.92 Å². The van der Waals surface area contributed by atoms with Crippen LogP contribution in [0.1, 0.15) is 13.8 Å². The Kier molecular flexibility index (Phi) is 7.63. The van der Waals surface area contributed by atoms with Gasteiger partial charge in [0.2, 0.25) is 0 Å². The summed E-state index contributed by atoms with van der Waals surface area (Å²) in [5.41, 5.74) is 0. The molecular weight excluding hydrogens is 92.1 g/mol. The highest BCUT2D eigenvalue weighted by atomic mass is 16.2. The van der Waals surface area contributed by atoms with Crippen LogP contribution in [0.25, 0.3) is 0 Å². The van der Waals surface area contributed by atoms with E-state index in [9.17, 15) is 0 Å². The Morgan fingerprint density at radius 2 is 1.86 bits per heavy atom. The molecule has 0 radical (unpaired) electrons. The van der Waals surface area contributed by atoms with Crippen LogP contribution in [0.5, 0.6) is 0 Å². The zero-order valence-corrected chi connectivity index (χ0v) is 4.68. The average Bonchev–Trinajstić information content (AvgIpc) is 1.35. The molecule has 0 unspecified atom stereocenters. The van der Waals surface area contributed by atoms with E-state index < -0.39 is 0 Å². The molecule has 0 aromatic heterocycles. The van der Waals surface area contributed by atoms with Crippen molar-refractivity contribution in [2.24, 2.45) is 5.92 Å². The van der Waals surface area contributed by atoms with Crippen LogP contribution in [0.3, 0.4) is 0 Å². The van der Waals surface area contributed by atoms with Crippen molar-refractivity contribution in [2.75, 3.05) is 0 Å². The second-order valence-corrected chi connectivity index (χ2v) is 1.59. The van der Waals surface area contributed by atoms with Crippen molar-refractivity contribution in [3.8, 4) is 0 Å². The van der Waals surface area contributed by atoms with Gasteiger partial charge < -0.3 is 10.6 Å². The first-order valence-corrected chi connectivity index (χ1v) is 2.08. The molecule has 0 heterocycles. The molecular formula is C5H12O2. The van der Waals surface area contributed by atoms with E-state index in [0.717, 1.165) is 6.26 Å². The van der Waals surface area contributed by atoms with Gasteiger partial charge in [0.05, 0.1) is 6.26 Å². The lowest BCUT2D eigenvalue weighted by Crippen LogP contribution is -1.74. The van der Waals surface area contributed by atoms with Crippen LogP contribution in [0.15, 0.2) is 12.3 Å². The highest BCUT2D eigenvalue weighted by molar-refractivity contribution is 4.74. The van der Waals surface area contributed by atoms with Crippen LogP contribution in [-0.2, 0) is 0 Å². The maximum Gasteiger partial charge on any atom is 0.0754 e. The standard InChI is InChI=1S/C5H10O.H2O/c1-5(2)3-4-6;/h3-6H,1-2H3;1H2. The normalized spacial score (nSPS) is 9.57. The van der Waals surface area contributed by atoms with E-state index in [4.69, 9.17) is 5.11 Å². The fraction of sp³-hybridized carbons (Fsp3) is 0.600. The van der Waals surface area contributed by atoms with E-state index >= 15 is 0 Å². The number of hydrogen-bond donors (Lipinski definition) is 1. The van der Waals surface area contributed by atoms with E-state index in [2.05, 4.69) is 0 Å². The monoisotopic (exact) mass is 104 g/mol. The minimum atomic E-state index is 0. The summed E-state index contributed by atoms with van der Waals surface area (Å²) >= 11 is 0. The van der Waals surface area contributed by atoms with Gasteiger partial charge in [-0.05, 0) is 12.0 Å². The van der Waals surface area contributed by atoms with E-state index in [1.54, 1.807) is 6.08 Å². The molecule has 0 bridgehead atoms. The lowest BCUT2D eigenvalue weighted by atomic mass is 10.2. The van der Waals surface area contributed by atoms with Gasteiger partial charge in [0.1, 0.15) is 0 Å². The quantitative estimate of drug-likeness (QED) is 0.493. The first-order valence-electron chi connectivity index (χ1n) is 2.08. The Labute approximate surface area is 43.8 Å². The highest BCUT2D eigenvalue weighted by Crippen LogP contribution is 1.89. The van der Waals surface area contributed by atoms with Crippen molar-refractivity contribution in [3.05, 3.63) is 12.3 Å². The molecule has 0 aliphatic rings. The zero-order valence-electron chi connectivity index (χ0n) is 4.68. The van der Waals surface area contributed by atoms with Gasteiger partial charge in [0, 0.05) is 0 Å². The largest absolute Gasteiger partial charge is 0.516 e. The zero-order chi connectivity index (χ0) is 4.99. The molecule has 0 aliphatic carbocycles. The van der Waals surface area contributed by atoms with Gasteiger partial charge in [0.15, 0.2) is 0 Å². The van der Waals surface area contributed by atoms with Gasteiger partial charge in [-0.3, -0.25) is 0 Å². The van der Waals surface area contributed by atoms with E-state index in [1.165, 1.54) is 0 Å². The summed E-state index contributed by atoms with van der Waals surface area (Å²) in [6.45, 7) is 4.01. The first kappa shape index (κ1) is 9.71. The molecule has 0 saturated heterocycles. The number of aliphatic hydroxyl groups excluding tert-OH is 1. The minimum absolute atomic E-state index is 0. The Morgan fingerprint density at radius 1 is 1.43 bits per heavy atom. The molecule has 3 N–H and O–H groups in total. The Morgan fingerprint density at radius 3 is 1.86 bits per heavy atom. The molecule has 7 heavy (non-hydrogen) atoms. The fourth-order valence-corrected chi connectivity index (χ4v) is 0.172. The third-order valence-corrected chi connectivity index (χ3v) is 0.471. The van der Waals surface area contributed by atoms with Gasteiger partial charge in [-0.2, -0.15) is 0 Å². The maximum absolute atomic E-state index is 8.06. The van der Waals surface area contributed by atoms with E-state index in [-0.39, 0.29) is 5.48 Å². The summed E-state index contributed by atoms with van der Waals surface area (Å²) in [4.78, 5) is 0. The SMILES string of the molecule is CC(C)C=CO.O. The van der Waals surface area contributed by atoms with Gasteiger partial charge in [-0.15, -0.1) is 0 Å². The van der Waals surface area contributed by atoms with E-state index in [1.807, 2.05) is 13.8 Å². The fourth-order valence-electron chi connectivity index (χ4n) is 0.172. The molecule has 0 fully saturated rings. The maximum atomic E-state index is 8.06. The third-order valence-electron chi connectivity index (χ3n) is 0.471. The third kappa shape index (κ3) is 10.8. The van der Waals surface area contributed by atoms with Crippen LogP contribution in [0, 0.1) is 5.92 Å². The lowest BCUT2D eigenvalue weighted by molar-refractivity contribution is 0.467. The van der Waals surface area contributed by atoms with Crippen LogP contribution < -0.4 is 0 Å². The van der Waals surface area contributed by atoms with Gasteiger partial charge in [-0.1, -0.05) is 13.8 Å². The van der Waals surface area contributed by atoms with Crippen molar-refractivity contribution in [1.29, 1.82) is 0 Å². The van der Waals surface area contributed by atoms with Crippen molar-refractivity contribution in [1.82, 2.24) is 0 Å². The van der Waals surface area contributed by atoms with Crippen molar-refractivity contribution < 1.29 is 10.6 Å². The number of rotatable bonds is 1. The number of hydrogen-bond acceptors (Lipinski definition) is 1. The van der Waals surface area contributed by atoms with Crippen molar-refractivity contribution in [2.45, 2.75) is 13.8 Å². The smallest absolute Gasteiger partial charge is 0.0754 e. The van der Waals surface area contributed by atoms with Gasteiger partial charge in [0.25, 0.3) is 0 Å². The predicted molar refractivity (Wildman–Crippen MR) is 30.2 cm³/mol. The summed E-state index contributed by atoms with van der Waals surface area (Å²) in [5.74, 6) is 0.468. The average molecular weight is 104 g/mol. The molecule has 0 spiro atoms. The molecule has 2 heteroatoms. The molecule has 0 atom stereocenters. The number of aliphatic hydroxyl groups is 1. The van der Waals surface area contributed by atoms with Gasteiger partial charge in [-0.25, -0.2) is 0 Å². The topological polar surface area (TPSA) is 51.7 Å². The summed E-state index contributed by atoms with van der Waals surface area (Å²) in [6, 6.07) is 0. The second-order valence-electron chi connectivity index (χ2n) is 1.59. The Balaban J connectivity index is 0. The number of allylic oxidation sites excluding steroid dienone is 1. The predicted octanol–water partition coefficient (Wildman–Crippen LogP) is 0.889. The van der Waals surface area contributed by atoms with Crippen LogP contribution in [-0.4, -0.2) is 10.6 Å². The van der Waals surface area contributed by atoms with Crippen LogP contribution in [0.2, 0.25) is 0 Å². The summed E-state index contributed by atoms with van der Waals surface area (Å²) in [5, 5.41) is 8.06. The second kappa shape index (κ2) is 5.50. The van der Waals surface area contributed by atoms with Crippen molar-refractivity contribution in [3.63, 3.8) is 0 Å². The molecule has 44 valence electrons. The lowest BCUT2D eigenvalue weighted by Gasteiger charge is -1.86. The molecule has 0 rings (SSSR count). The van der Waals surface area contributed by atoms with Gasteiger partial charge >= 0.3 is 0 Å². The summed E-state index contributed by atoms with van der Waals surface area (Å²) < 4.78 is 0. The minimum Gasteiger partial charge on any atom is -0.516 e. The van der Waals surface area contributed by atoms with Crippen molar-refractivity contribution >= 4 is 0 Å². The molecule has 0 saturated carbocycles. The Hall–Kier alpha value is -0.500. The highest BCUT2D eigenvalue weighted by Gasteiger charge is 1.77. The Bertz CT molecular complexity index is 48.0. The summed E-state index contributed by atoms with van der Waals surface area (Å²) in [6.07, 6.45) is 2.80. The van der Waals surface area contributed by atoms with Crippen LogP contribution in [0.4, 0.5) is 0 Å². The first-order chi connectivity index (χ1) is 2.77. The molecule has 2 nitrogen and oxygen atoms in total. The summed E-state index contributed by atoms with van der Waals surface area (Å²) in [7, 11) is 0. The van der Waals surface area contributed by atoms with Crippen LogP contribution >= 0.6 is 0 Å². The molecule has 0 amide bonds. The molecule has 0 aliphatic heterocycles. The molecule has 0 aromatic carbocycles. The molecule has 0 aromatic rings.